The van der Waals surface area contributed by atoms with E-state index in [-0.39, 0.29) is 13.2 Å². The van der Waals surface area contributed by atoms with Gasteiger partial charge < -0.3 is 20.4 Å². The number of likely N-dealkylation sites (N-methyl/N-ethyl adjacent to an activating group) is 1. The van der Waals surface area contributed by atoms with Crippen LogP contribution in [0.15, 0.2) is 23.4 Å². The minimum absolute atomic E-state index is 0.174. The first kappa shape index (κ1) is 26.7. The van der Waals surface area contributed by atoms with Gasteiger partial charge in [-0.15, -0.1) is 0 Å². The molecule has 3 rings (SSSR count). The van der Waals surface area contributed by atoms with E-state index in [0.717, 1.165) is 23.9 Å². The third kappa shape index (κ3) is 5.35. The largest absolute Gasteiger partial charge is 0.366 e. The average molecular weight is 605 g/mol. The van der Waals surface area contributed by atoms with Gasteiger partial charge >= 0.3 is 6.03 Å². The number of urea groups is 1. The Morgan fingerprint density at radius 3 is 2.50 bits per heavy atom. The lowest BCUT2D eigenvalue weighted by molar-refractivity contribution is -0.121. The van der Waals surface area contributed by atoms with Gasteiger partial charge in [-0.25, -0.2) is 18.5 Å². The summed E-state index contributed by atoms with van der Waals surface area (Å²) in [6.45, 7) is 7.72. The summed E-state index contributed by atoms with van der Waals surface area (Å²) in [4.78, 5) is 28.4. The highest BCUT2D eigenvalue weighted by Crippen LogP contribution is 2.43. The molecule has 11 heteroatoms. The average Bonchev–Trinajstić information content (AvgIpc) is 2.73. The van der Waals surface area contributed by atoms with Crippen molar-refractivity contribution in [3.8, 4) is 0 Å². The van der Waals surface area contributed by atoms with Crippen molar-refractivity contribution >= 4 is 54.5 Å². The molecule has 1 aliphatic heterocycles. The van der Waals surface area contributed by atoms with Crippen LogP contribution < -0.4 is 10.2 Å². The van der Waals surface area contributed by atoms with E-state index in [9.17, 15) is 18.4 Å². The van der Waals surface area contributed by atoms with Crippen molar-refractivity contribution in [1.82, 2.24) is 10.2 Å². The molecule has 186 valence electrons. The van der Waals surface area contributed by atoms with Crippen molar-refractivity contribution in [2.75, 3.05) is 25.3 Å². The maximum atomic E-state index is 14.6. The first-order chi connectivity index (χ1) is 15.9. The van der Waals surface area contributed by atoms with Crippen LogP contribution in [0.4, 0.5) is 19.3 Å². The van der Waals surface area contributed by atoms with Crippen molar-refractivity contribution in [2.24, 2.45) is 0 Å². The van der Waals surface area contributed by atoms with E-state index in [1.165, 1.54) is 18.2 Å². The van der Waals surface area contributed by atoms with E-state index in [1.54, 1.807) is 22.6 Å². The van der Waals surface area contributed by atoms with Crippen molar-refractivity contribution in [3.63, 3.8) is 0 Å². The van der Waals surface area contributed by atoms with Crippen LogP contribution in [-0.4, -0.2) is 57.1 Å². The quantitative estimate of drug-likeness (QED) is 0.143. The maximum Gasteiger partial charge on any atom is 0.332 e. The highest BCUT2D eigenvalue weighted by atomic mass is 127. The molecule has 1 aromatic carbocycles. The summed E-state index contributed by atoms with van der Waals surface area (Å²) in [5.41, 5.74) is -0.439. The summed E-state index contributed by atoms with van der Waals surface area (Å²) < 4.78 is 35.3. The number of nitrogens with one attached hydrogen (secondary N) is 2. The fourth-order valence-corrected chi connectivity index (χ4v) is 5.79. The molecule has 1 saturated heterocycles. The summed E-state index contributed by atoms with van der Waals surface area (Å²) in [5.74, 6) is -2.64. The number of ether oxygens (including phenoxy) is 1. The Labute approximate surface area is 213 Å². The van der Waals surface area contributed by atoms with Gasteiger partial charge in [0.2, 0.25) is 5.91 Å². The SMILES string of the molecule is CN1C(=O)N(c2c(F)cc(I)cc2F)C(=O)C[C@]12CCCC(NCOCC[Si](C)(C)C)=C2C=N. The summed E-state index contributed by atoms with van der Waals surface area (Å²) >= 11 is 1.77. The number of allylic oxidation sites excluding steroid dienone is 1. The molecule has 1 aromatic rings. The van der Waals surface area contributed by atoms with E-state index >= 15 is 0 Å². The van der Waals surface area contributed by atoms with Crippen LogP contribution in [-0.2, 0) is 9.53 Å². The third-order valence-electron chi connectivity index (χ3n) is 6.39. The smallest absolute Gasteiger partial charge is 0.332 e. The lowest BCUT2D eigenvalue weighted by Crippen LogP contribution is -2.65. The molecule has 0 unspecified atom stereocenters. The van der Waals surface area contributed by atoms with Crippen LogP contribution in [0.1, 0.15) is 25.7 Å². The molecule has 1 fully saturated rings. The molecule has 0 saturated carbocycles. The molecule has 0 aromatic heterocycles. The molecule has 0 radical (unpaired) electrons. The molecule has 1 atom stereocenters. The highest BCUT2D eigenvalue weighted by molar-refractivity contribution is 14.1. The Morgan fingerprint density at radius 1 is 1.26 bits per heavy atom. The monoisotopic (exact) mass is 604 g/mol. The Kier molecular flexibility index (Phi) is 8.18. The van der Waals surface area contributed by atoms with Crippen LogP contribution in [0.5, 0.6) is 0 Å². The number of hydrogen-bond acceptors (Lipinski definition) is 5. The second kappa shape index (κ2) is 10.4. The fourth-order valence-electron chi connectivity index (χ4n) is 4.49. The highest BCUT2D eigenvalue weighted by Gasteiger charge is 2.52. The minimum atomic E-state index is -1.21. The Morgan fingerprint density at radius 2 is 1.91 bits per heavy atom. The number of carbonyl (C=O) groups is 2. The summed E-state index contributed by atoms with van der Waals surface area (Å²) in [7, 11) is 0.305. The lowest BCUT2D eigenvalue weighted by atomic mass is 9.74. The van der Waals surface area contributed by atoms with Crippen molar-refractivity contribution in [2.45, 2.75) is 56.9 Å². The molecule has 2 aliphatic rings. The predicted octanol–water partition coefficient (Wildman–Crippen LogP) is 5.09. The molecule has 0 bridgehead atoms. The van der Waals surface area contributed by atoms with Crippen LogP contribution >= 0.6 is 22.6 Å². The number of anilines is 1. The molecule has 2 N–H and O–H groups in total. The predicted molar refractivity (Wildman–Crippen MR) is 139 cm³/mol. The van der Waals surface area contributed by atoms with Gasteiger partial charge in [0.25, 0.3) is 0 Å². The summed E-state index contributed by atoms with van der Waals surface area (Å²) in [5, 5.41) is 11.3. The number of nitrogens with zero attached hydrogens (tertiary/aromatic N) is 2. The Bertz CT molecular complexity index is 1010. The van der Waals surface area contributed by atoms with Gasteiger partial charge in [0.05, 0.1) is 12.0 Å². The number of carbonyl (C=O) groups excluding carboxylic acids is 2. The Balaban J connectivity index is 1.86. The molecule has 34 heavy (non-hydrogen) atoms. The van der Waals surface area contributed by atoms with Crippen LogP contribution in [0, 0.1) is 20.6 Å². The maximum absolute atomic E-state index is 14.6. The number of benzene rings is 1. The topological polar surface area (TPSA) is 85.7 Å². The second-order valence-electron chi connectivity index (χ2n) is 9.93. The first-order valence-electron chi connectivity index (χ1n) is 11.2. The van der Waals surface area contributed by atoms with Crippen LogP contribution in [0.2, 0.25) is 25.7 Å². The lowest BCUT2D eigenvalue weighted by Gasteiger charge is -2.50. The number of rotatable bonds is 8. The van der Waals surface area contributed by atoms with E-state index in [0.29, 0.717) is 39.9 Å². The van der Waals surface area contributed by atoms with Gasteiger partial charge in [0.15, 0.2) is 11.6 Å². The van der Waals surface area contributed by atoms with Crippen LogP contribution in [0.25, 0.3) is 0 Å². The molecule has 1 aliphatic carbocycles. The van der Waals surface area contributed by atoms with Crippen LogP contribution in [0.3, 0.4) is 0 Å². The summed E-state index contributed by atoms with van der Waals surface area (Å²) in [6.07, 6.45) is 2.81. The van der Waals surface area contributed by atoms with Gasteiger partial charge in [-0.2, -0.15) is 0 Å². The van der Waals surface area contributed by atoms with Gasteiger partial charge in [-0.1, -0.05) is 19.6 Å². The zero-order valence-corrected chi connectivity index (χ0v) is 23.1. The van der Waals surface area contributed by atoms with Gasteiger partial charge in [0, 0.05) is 42.8 Å². The number of hydrogen-bond donors (Lipinski definition) is 2. The number of halogens is 3. The molecule has 3 amide bonds. The molecule has 1 spiro atoms. The zero-order valence-electron chi connectivity index (χ0n) is 19.9. The van der Waals surface area contributed by atoms with Gasteiger partial charge in [-0.3, -0.25) is 4.79 Å². The minimum Gasteiger partial charge on any atom is -0.366 e. The van der Waals surface area contributed by atoms with Crippen molar-refractivity contribution in [1.29, 1.82) is 5.41 Å². The zero-order chi connectivity index (χ0) is 25.3. The second-order valence-corrected chi connectivity index (χ2v) is 16.8. The first-order valence-corrected chi connectivity index (χ1v) is 16.0. The fraction of sp³-hybridized carbons (Fsp3) is 0.522. The molecule has 7 nitrogen and oxygen atoms in total. The van der Waals surface area contributed by atoms with E-state index in [4.69, 9.17) is 10.1 Å². The number of imide groups is 1. The van der Waals surface area contributed by atoms with Gasteiger partial charge in [-0.05, 0) is 60.0 Å². The summed E-state index contributed by atoms with van der Waals surface area (Å²) in [6, 6.07) is 2.37. The molecule has 1 heterocycles. The van der Waals surface area contributed by atoms with Crippen molar-refractivity contribution < 1.29 is 23.1 Å². The molecular formula is C23H31F2IN4O3Si. The van der Waals surface area contributed by atoms with Gasteiger partial charge in [0.1, 0.15) is 12.4 Å². The molecular weight excluding hydrogens is 573 g/mol. The van der Waals surface area contributed by atoms with E-state index < -0.39 is 42.9 Å². The number of amides is 3. The third-order valence-corrected chi connectivity index (χ3v) is 8.72. The van der Waals surface area contributed by atoms with Crippen molar-refractivity contribution in [3.05, 3.63) is 38.6 Å². The Hall–Kier alpha value is -1.86. The normalized spacial score (nSPS) is 21.5. The standard InChI is InChI=1S/C23H31F2IN4O3Si/c1-29-22(32)30(21-17(24)10-15(26)11-18(21)25)20(31)12-23(29)7-5-6-19(16(23)13-27)28-14-33-8-9-34(2,3)4/h10-11,13,27-28H,5-9,12,14H2,1-4H3/t23-/m0/s1. The van der Waals surface area contributed by atoms with E-state index in [2.05, 4.69) is 25.0 Å². The van der Waals surface area contributed by atoms with E-state index in [1.807, 2.05) is 0 Å².